The molecule has 31 heavy (non-hydrogen) atoms. The van der Waals surface area contributed by atoms with E-state index in [1.165, 1.54) is 6.92 Å². The highest BCUT2D eigenvalue weighted by Gasteiger charge is 2.30. The highest BCUT2D eigenvalue weighted by Crippen LogP contribution is 2.06. The third-order valence-corrected chi connectivity index (χ3v) is 4.57. The molecule has 0 aromatic rings. The van der Waals surface area contributed by atoms with E-state index in [2.05, 4.69) is 16.0 Å². The zero-order chi connectivity index (χ0) is 24.1. The Hall–Kier alpha value is -2.73. The molecule has 0 aliphatic rings. The molecule has 9 N–H and O–H groups in total. The third-order valence-electron chi connectivity index (χ3n) is 4.57. The van der Waals surface area contributed by atoms with Crippen molar-refractivity contribution in [1.29, 1.82) is 0 Å². The molecule has 0 radical (unpaired) electrons. The van der Waals surface area contributed by atoms with Gasteiger partial charge in [-0.25, -0.2) is 4.79 Å². The number of nitrogens with two attached hydrogens (primary N) is 2. The zero-order valence-electron chi connectivity index (χ0n) is 18.2. The van der Waals surface area contributed by atoms with Crippen LogP contribution in [0.1, 0.15) is 52.9 Å². The minimum Gasteiger partial charge on any atom is -0.481 e. The topological polar surface area (TPSA) is 214 Å². The van der Waals surface area contributed by atoms with Crippen LogP contribution in [-0.4, -0.2) is 70.6 Å². The van der Waals surface area contributed by atoms with Gasteiger partial charge in [0.1, 0.15) is 18.1 Å². The first kappa shape index (κ1) is 28.3. The summed E-state index contributed by atoms with van der Waals surface area (Å²) in [4.78, 5) is 59.0. The van der Waals surface area contributed by atoms with Crippen LogP contribution in [0.4, 0.5) is 0 Å². The van der Waals surface area contributed by atoms with E-state index in [0.29, 0.717) is 19.4 Å². The molecule has 0 rings (SSSR count). The molecule has 0 spiro atoms. The van der Waals surface area contributed by atoms with Crippen molar-refractivity contribution >= 4 is 29.7 Å². The van der Waals surface area contributed by atoms with Gasteiger partial charge in [-0.3, -0.25) is 19.2 Å². The van der Waals surface area contributed by atoms with Crippen molar-refractivity contribution in [2.75, 3.05) is 6.54 Å². The number of carbonyl (C=O) groups is 5. The largest absolute Gasteiger partial charge is 0.481 e. The number of hydrogen-bond acceptors (Lipinski definition) is 7. The Morgan fingerprint density at radius 1 is 0.839 bits per heavy atom. The summed E-state index contributed by atoms with van der Waals surface area (Å²) in [5, 5.41) is 25.0. The molecule has 0 saturated carbocycles. The molecule has 0 fully saturated rings. The minimum absolute atomic E-state index is 0.302. The summed E-state index contributed by atoms with van der Waals surface area (Å²) < 4.78 is 0. The molecule has 0 bridgehead atoms. The average molecular weight is 446 g/mol. The van der Waals surface area contributed by atoms with Crippen LogP contribution in [-0.2, 0) is 24.0 Å². The Kier molecular flexibility index (Phi) is 13.0. The first-order chi connectivity index (χ1) is 14.4. The lowest BCUT2D eigenvalue weighted by Crippen LogP contribution is -2.57. The summed E-state index contributed by atoms with van der Waals surface area (Å²) in [5.41, 5.74) is 11.3. The first-order valence-corrected chi connectivity index (χ1v) is 10.2. The quantitative estimate of drug-likeness (QED) is 0.146. The summed E-state index contributed by atoms with van der Waals surface area (Å²) in [6.07, 6.45) is 1.08. The van der Waals surface area contributed by atoms with E-state index in [0.717, 1.165) is 6.42 Å². The van der Waals surface area contributed by atoms with E-state index in [1.807, 2.05) is 0 Å². The number of carboxylic acids is 2. The van der Waals surface area contributed by atoms with Crippen LogP contribution in [0.5, 0.6) is 0 Å². The standard InChI is InChI=1S/C19H35N5O7/c1-10(2)15(24-17(28)12(21)6-4-5-9-20)18(29)22-11(3)16(27)23-13(19(30)31)7-8-14(25)26/h10-13,15H,4-9,20-21H2,1-3H3,(H,22,29)(H,23,27)(H,24,28)(H,25,26)(H,30,31). The number of hydrogen-bond donors (Lipinski definition) is 7. The van der Waals surface area contributed by atoms with Crippen molar-refractivity contribution in [3.8, 4) is 0 Å². The van der Waals surface area contributed by atoms with Crippen LogP contribution in [0.2, 0.25) is 0 Å². The maximum absolute atomic E-state index is 12.6. The molecular formula is C19H35N5O7. The Morgan fingerprint density at radius 2 is 1.45 bits per heavy atom. The lowest BCUT2D eigenvalue weighted by Gasteiger charge is -2.25. The van der Waals surface area contributed by atoms with Gasteiger partial charge in [0.15, 0.2) is 0 Å². The van der Waals surface area contributed by atoms with Crippen molar-refractivity contribution in [3.63, 3.8) is 0 Å². The number of nitrogens with one attached hydrogen (secondary N) is 3. The Balaban J connectivity index is 4.91. The lowest BCUT2D eigenvalue weighted by molar-refractivity contribution is -0.143. The molecule has 0 aliphatic carbocycles. The third kappa shape index (κ3) is 11.3. The summed E-state index contributed by atoms with van der Waals surface area (Å²) in [5.74, 6) is -4.81. The summed E-state index contributed by atoms with van der Waals surface area (Å²) in [6.45, 7) is 5.26. The molecule has 0 aliphatic heterocycles. The molecule has 12 heteroatoms. The molecule has 12 nitrogen and oxygen atoms in total. The molecule has 0 aromatic carbocycles. The van der Waals surface area contributed by atoms with E-state index >= 15 is 0 Å². The number of rotatable bonds is 15. The van der Waals surface area contributed by atoms with Crippen molar-refractivity contribution in [1.82, 2.24) is 16.0 Å². The second kappa shape index (κ2) is 14.3. The fraction of sp³-hybridized carbons (Fsp3) is 0.737. The maximum Gasteiger partial charge on any atom is 0.326 e. The normalized spacial score (nSPS) is 14.8. The highest BCUT2D eigenvalue weighted by molar-refractivity contribution is 5.94. The number of unbranched alkanes of at least 4 members (excludes halogenated alkanes) is 1. The van der Waals surface area contributed by atoms with Gasteiger partial charge >= 0.3 is 11.9 Å². The van der Waals surface area contributed by atoms with E-state index in [9.17, 15) is 24.0 Å². The van der Waals surface area contributed by atoms with Crippen LogP contribution in [0.3, 0.4) is 0 Å². The Bertz CT molecular complexity index is 641. The monoisotopic (exact) mass is 445 g/mol. The van der Waals surface area contributed by atoms with Gasteiger partial charge < -0.3 is 37.6 Å². The minimum atomic E-state index is -1.41. The first-order valence-electron chi connectivity index (χ1n) is 10.2. The zero-order valence-corrected chi connectivity index (χ0v) is 18.2. The van der Waals surface area contributed by atoms with Crippen LogP contribution in [0, 0.1) is 5.92 Å². The van der Waals surface area contributed by atoms with Gasteiger partial charge in [0.2, 0.25) is 17.7 Å². The van der Waals surface area contributed by atoms with Crippen molar-refractivity contribution in [3.05, 3.63) is 0 Å². The number of amides is 3. The molecule has 0 aromatic heterocycles. The average Bonchev–Trinajstić information content (AvgIpc) is 2.67. The van der Waals surface area contributed by atoms with E-state index < -0.39 is 60.2 Å². The van der Waals surface area contributed by atoms with E-state index in [-0.39, 0.29) is 12.3 Å². The van der Waals surface area contributed by atoms with Crippen LogP contribution in [0.15, 0.2) is 0 Å². The van der Waals surface area contributed by atoms with Crippen LogP contribution < -0.4 is 27.4 Å². The molecule has 4 atom stereocenters. The predicted octanol–water partition coefficient (Wildman–Crippen LogP) is -1.48. The van der Waals surface area contributed by atoms with Gasteiger partial charge in [0.25, 0.3) is 0 Å². The molecular weight excluding hydrogens is 410 g/mol. The van der Waals surface area contributed by atoms with Gasteiger partial charge in [0, 0.05) is 6.42 Å². The van der Waals surface area contributed by atoms with Crippen LogP contribution in [0.25, 0.3) is 0 Å². The van der Waals surface area contributed by atoms with Gasteiger partial charge in [-0.05, 0) is 38.6 Å². The van der Waals surface area contributed by atoms with Gasteiger partial charge in [0.05, 0.1) is 6.04 Å². The second-order valence-electron chi connectivity index (χ2n) is 7.68. The SMILES string of the molecule is CC(NC(=O)C(NC(=O)C(N)CCCCN)C(C)C)C(=O)NC(CCC(=O)O)C(=O)O. The highest BCUT2D eigenvalue weighted by atomic mass is 16.4. The molecule has 3 amide bonds. The van der Waals surface area contributed by atoms with Gasteiger partial charge in [-0.1, -0.05) is 20.3 Å². The second-order valence-corrected chi connectivity index (χ2v) is 7.68. The van der Waals surface area contributed by atoms with E-state index in [1.54, 1.807) is 13.8 Å². The number of aliphatic carboxylic acids is 2. The lowest BCUT2D eigenvalue weighted by atomic mass is 10.0. The van der Waals surface area contributed by atoms with Crippen LogP contribution >= 0.6 is 0 Å². The smallest absolute Gasteiger partial charge is 0.326 e. The van der Waals surface area contributed by atoms with Crippen molar-refractivity contribution in [2.24, 2.45) is 17.4 Å². The summed E-state index contributed by atoms with van der Waals surface area (Å²) >= 11 is 0. The fourth-order valence-corrected chi connectivity index (χ4v) is 2.63. The molecule has 0 saturated heterocycles. The summed E-state index contributed by atoms with van der Waals surface area (Å²) in [7, 11) is 0. The van der Waals surface area contributed by atoms with Gasteiger partial charge in [-0.2, -0.15) is 0 Å². The van der Waals surface area contributed by atoms with Crippen molar-refractivity contribution in [2.45, 2.75) is 77.0 Å². The Labute approximate surface area is 181 Å². The van der Waals surface area contributed by atoms with Gasteiger partial charge in [-0.15, -0.1) is 0 Å². The number of carboxylic acid groups (broad SMARTS) is 2. The molecule has 178 valence electrons. The fourth-order valence-electron chi connectivity index (χ4n) is 2.63. The molecule has 4 unspecified atom stereocenters. The number of carbonyl (C=O) groups excluding carboxylic acids is 3. The predicted molar refractivity (Wildman–Crippen MR) is 112 cm³/mol. The maximum atomic E-state index is 12.6. The van der Waals surface area contributed by atoms with Crippen molar-refractivity contribution < 1.29 is 34.2 Å². The summed E-state index contributed by atoms with van der Waals surface area (Å²) in [6, 6.07) is -4.27. The van der Waals surface area contributed by atoms with E-state index in [4.69, 9.17) is 21.7 Å². The molecule has 0 heterocycles. The Morgan fingerprint density at radius 3 is 1.94 bits per heavy atom.